The van der Waals surface area contributed by atoms with Crippen LogP contribution in [0.15, 0.2) is 41.8 Å². The number of carbonyl (C=O) groups is 3. The molecule has 2 fully saturated rings. The number of imide groups is 2. The lowest BCUT2D eigenvalue weighted by atomic mass is 10.2. The Balaban J connectivity index is 1.42. The smallest absolute Gasteiger partial charge is 0.335 e. The van der Waals surface area contributed by atoms with Crippen molar-refractivity contribution in [2.24, 2.45) is 0 Å². The van der Waals surface area contributed by atoms with Crippen LogP contribution >= 0.6 is 11.3 Å². The fourth-order valence-corrected chi connectivity index (χ4v) is 4.13. The third kappa shape index (κ3) is 4.33. The molecule has 2 heterocycles. The molecule has 1 saturated carbocycles. The third-order valence-electron chi connectivity index (χ3n) is 5.23. The summed E-state index contributed by atoms with van der Waals surface area (Å²) in [7, 11) is 1.62. The topological polar surface area (TPSA) is 70.2 Å². The number of ether oxygens (including phenoxy) is 1. The second-order valence-corrected chi connectivity index (χ2v) is 8.30. The van der Waals surface area contributed by atoms with E-state index in [9.17, 15) is 14.4 Å². The van der Waals surface area contributed by atoms with Crippen molar-refractivity contribution in [2.45, 2.75) is 31.8 Å². The van der Waals surface area contributed by atoms with E-state index >= 15 is 0 Å². The fraction of sp³-hybridized carbons (Fsp3) is 0.381. The highest BCUT2D eigenvalue weighted by Crippen LogP contribution is 2.29. The van der Waals surface area contributed by atoms with Gasteiger partial charge in [0, 0.05) is 30.4 Å². The van der Waals surface area contributed by atoms with Gasteiger partial charge in [-0.3, -0.25) is 19.4 Å². The molecular weight excluding hydrogens is 390 g/mol. The van der Waals surface area contributed by atoms with E-state index in [4.69, 9.17) is 4.74 Å². The molecule has 7 nitrogen and oxygen atoms in total. The van der Waals surface area contributed by atoms with Gasteiger partial charge >= 0.3 is 17.8 Å². The summed E-state index contributed by atoms with van der Waals surface area (Å²) >= 11 is 1.57. The molecule has 2 aromatic rings. The highest BCUT2D eigenvalue weighted by Gasteiger charge is 2.45. The van der Waals surface area contributed by atoms with Crippen LogP contribution < -0.4 is 4.74 Å². The number of benzene rings is 1. The molecule has 4 rings (SSSR count). The summed E-state index contributed by atoms with van der Waals surface area (Å²) in [6.07, 6.45) is 2.62. The number of rotatable bonds is 9. The summed E-state index contributed by atoms with van der Waals surface area (Å²) in [5, 5.41) is 1.95. The van der Waals surface area contributed by atoms with Gasteiger partial charge in [0.05, 0.1) is 13.8 Å². The summed E-state index contributed by atoms with van der Waals surface area (Å²) in [5.41, 5.74) is 1.07. The second-order valence-electron chi connectivity index (χ2n) is 7.27. The average Bonchev–Trinajstić information content (AvgIpc) is 3.41. The van der Waals surface area contributed by atoms with Crippen molar-refractivity contribution in [2.75, 3.05) is 20.3 Å². The van der Waals surface area contributed by atoms with Gasteiger partial charge in [0.15, 0.2) is 0 Å². The number of hydrogen-bond donors (Lipinski definition) is 0. The summed E-state index contributed by atoms with van der Waals surface area (Å²) in [4.78, 5) is 42.9. The highest BCUT2D eigenvalue weighted by molar-refractivity contribution is 7.09. The van der Waals surface area contributed by atoms with Crippen molar-refractivity contribution in [3.05, 3.63) is 52.2 Å². The van der Waals surface area contributed by atoms with Crippen LogP contribution in [0.1, 0.15) is 23.3 Å². The number of urea groups is 1. The zero-order valence-electron chi connectivity index (χ0n) is 16.2. The molecule has 0 radical (unpaired) electrons. The molecule has 0 unspecified atom stereocenters. The highest BCUT2D eigenvalue weighted by atomic mass is 32.1. The molecule has 1 aliphatic carbocycles. The fourth-order valence-electron chi connectivity index (χ4n) is 3.43. The van der Waals surface area contributed by atoms with Crippen molar-refractivity contribution in [1.29, 1.82) is 0 Å². The Morgan fingerprint density at radius 3 is 2.41 bits per heavy atom. The lowest BCUT2D eigenvalue weighted by Crippen LogP contribution is -2.43. The molecule has 29 heavy (non-hydrogen) atoms. The summed E-state index contributed by atoms with van der Waals surface area (Å²) < 4.78 is 5.19. The molecule has 0 atom stereocenters. The molecule has 0 bridgehead atoms. The minimum absolute atomic E-state index is 0.135. The first-order chi connectivity index (χ1) is 14.1. The lowest BCUT2D eigenvalue weighted by Gasteiger charge is -2.26. The van der Waals surface area contributed by atoms with Crippen molar-refractivity contribution >= 4 is 29.2 Å². The van der Waals surface area contributed by atoms with Crippen LogP contribution in [0.4, 0.5) is 4.79 Å². The number of carbonyl (C=O) groups excluding carboxylic acids is 3. The van der Waals surface area contributed by atoms with Crippen molar-refractivity contribution < 1.29 is 19.1 Å². The Labute approximate surface area is 173 Å². The first-order valence-electron chi connectivity index (χ1n) is 9.63. The second kappa shape index (κ2) is 8.34. The Kier molecular flexibility index (Phi) is 5.64. The van der Waals surface area contributed by atoms with E-state index in [1.807, 2.05) is 41.8 Å². The van der Waals surface area contributed by atoms with Gasteiger partial charge in [0.2, 0.25) is 0 Å². The Morgan fingerprint density at radius 1 is 1.07 bits per heavy atom. The zero-order valence-corrected chi connectivity index (χ0v) is 17.1. The lowest BCUT2D eigenvalue weighted by molar-refractivity contribution is -0.144. The maximum atomic E-state index is 12.8. The van der Waals surface area contributed by atoms with Crippen LogP contribution in [-0.4, -0.2) is 58.9 Å². The molecule has 8 heteroatoms. The molecule has 0 N–H and O–H groups in total. The number of amides is 4. The first kappa shape index (κ1) is 19.6. The number of methoxy groups -OCH3 is 1. The molecule has 1 aromatic heterocycles. The van der Waals surface area contributed by atoms with Gasteiger partial charge in [-0.05, 0) is 42.0 Å². The van der Waals surface area contributed by atoms with E-state index in [1.54, 1.807) is 18.4 Å². The molecule has 4 amide bonds. The monoisotopic (exact) mass is 413 g/mol. The van der Waals surface area contributed by atoms with Gasteiger partial charge in [-0.15, -0.1) is 11.3 Å². The van der Waals surface area contributed by atoms with E-state index in [0.717, 1.165) is 38.8 Å². The molecule has 0 spiro atoms. The van der Waals surface area contributed by atoms with Gasteiger partial charge in [-0.25, -0.2) is 9.69 Å². The van der Waals surface area contributed by atoms with Crippen molar-refractivity contribution in [1.82, 2.24) is 14.7 Å². The quantitative estimate of drug-likeness (QED) is 0.467. The standard InChI is InChI=1S/C21H23N3O4S/c1-28-17-8-4-15(5-9-17)13-22(16-6-7-16)14-24-20(26)19(25)23(21(24)27)11-10-18-3-2-12-29-18/h2-5,8-9,12,16H,6-7,10-11,13-14H2,1H3. The maximum Gasteiger partial charge on any atom is 0.335 e. The van der Waals surface area contributed by atoms with Crippen molar-refractivity contribution in [3.63, 3.8) is 0 Å². The van der Waals surface area contributed by atoms with Crippen molar-refractivity contribution in [3.8, 4) is 5.75 Å². The third-order valence-corrected chi connectivity index (χ3v) is 6.16. The Hall–Kier alpha value is -2.71. The largest absolute Gasteiger partial charge is 0.497 e. The summed E-state index contributed by atoms with van der Waals surface area (Å²) in [6.45, 7) is 0.965. The zero-order chi connectivity index (χ0) is 20.4. The van der Waals surface area contributed by atoms with Gasteiger partial charge in [-0.2, -0.15) is 0 Å². The van der Waals surface area contributed by atoms with E-state index in [1.165, 1.54) is 0 Å². The minimum atomic E-state index is -0.735. The molecule has 152 valence electrons. The van der Waals surface area contributed by atoms with Crippen LogP contribution in [0.2, 0.25) is 0 Å². The maximum absolute atomic E-state index is 12.8. The van der Waals surface area contributed by atoms with Crippen LogP contribution in [0, 0.1) is 0 Å². The Morgan fingerprint density at radius 2 is 1.79 bits per heavy atom. The van der Waals surface area contributed by atoms with Crippen LogP contribution in [0.25, 0.3) is 0 Å². The molecule has 2 aliphatic rings. The van der Waals surface area contributed by atoms with Gasteiger partial charge < -0.3 is 4.74 Å². The summed E-state index contributed by atoms with van der Waals surface area (Å²) in [5.74, 6) is -0.683. The first-order valence-corrected chi connectivity index (χ1v) is 10.5. The SMILES string of the molecule is COc1ccc(CN(CN2C(=O)C(=O)N(CCc3cccs3)C2=O)C2CC2)cc1. The molecule has 1 saturated heterocycles. The number of nitrogens with zero attached hydrogens (tertiary/aromatic N) is 3. The van der Waals surface area contributed by atoms with Crippen LogP contribution in [-0.2, 0) is 22.6 Å². The Bertz CT molecular complexity index is 893. The molecular formula is C21H23N3O4S. The van der Waals surface area contributed by atoms with Crippen LogP contribution in [0.5, 0.6) is 5.75 Å². The molecule has 1 aliphatic heterocycles. The number of thiophene rings is 1. The average molecular weight is 413 g/mol. The predicted molar refractivity (Wildman–Crippen MR) is 108 cm³/mol. The van der Waals surface area contributed by atoms with Gasteiger partial charge in [-0.1, -0.05) is 18.2 Å². The summed E-state index contributed by atoms with van der Waals surface area (Å²) in [6, 6.07) is 11.4. The normalized spacial score (nSPS) is 17.0. The van der Waals surface area contributed by atoms with Gasteiger partial charge in [0.25, 0.3) is 0 Å². The van der Waals surface area contributed by atoms with E-state index in [-0.39, 0.29) is 13.2 Å². The van der Waals surface area contributed by atoms with Crippen LogP contribution in [0.3, 0.4) is 0 Å². The van der Waals surface area contributed by atoms with E-state index in [0.29, 0.717) is 19.0 Å². The van der Waals surface area contributed by atoms with E-state index < -0.39 is 17.8 Å². The predicted octanol–water partition coefficient (Wildman–Crippen LogP) is 2.71. The minimum Gasteiger partial charge on any atom is -0.497 e. The number of hydrogen-bond acceptors (Lipinski definition) is 6. The van der Waals surface area contributed by atoms with Gasteiger partial charge in [0.1, 0.15) is 5.75 Å². The van der Waals surface area contributed by atoms with E-state index in [2.05, 4.69) is 4.90 Å². The molecule has 1 aromatic carbocycles.